The van der Waals surface area contributed by atoms with Gasteiger partial charge in [-0.15, -0.1) is 0 Å². The normalized spacial score (nSPS) is 11.3. The molecule has 6 heteroatoms. The van der Waals surface area contributed by atoms with Gasteiger partial charge in [-0.2, -0.15) is 13.2 Å². The number of carbonyl (C=O) groups is 1. The lowest BCUT2D eigenvalue weighted by molar-refractivity contribution is -0.137. The number of anilines is 1. The number of alkyl halides is 3. The number of halogens is 3. The Bertz CT molecular complexity index is 704. The van der Waals surface area contributed by atoms with Crippen molar-refractivity contribution in [2.24, 2.45) is 5.73 Å². The first-order chi connectivity index (χ1) is 10.2. The minimum absolute atomic E-state index is 0.0346. The maximum Gasteiger partial charge on any atom is 0.416 e. The smallest absolute Gasteiger partial charge is 0.351 e. The summed E-state index contributed by atoms with van der Waals surface area (Å²) in [4.78, 5) is 11.1. The number of amides is 2. The molecule has 0 atom stereocenters. The predicted octanol–water partition coefficient (Wildman–Crippen LogP) is 4.48. The molecule has 0 radical (unpaired) electrons. The molecule has 0 saturated carbocycles. The summed E-state index contributed by atoms with van der Waals surface area (Å²) in [5, 5.41) is 2.26. The summed E-state index contributed by atoms with van der Waals surface area (Å²) in [6.07, 6.45) is -4.49. The minimum Gasteiger partial charge on any atom is -0.351 e. The van der Waals surface area contributed by atoms with Gasteiger partial charge < -0.3 is 11.1 Å². The Labute approximate surface area is 125 Å². The van der Waals surface area contributed by atoms with Crippen molar-refractivity contribution in [2.75, 3.05) is 5.32 Å². The zero-order chi connectivity index (χ0) is 16.5. The fraction of sp³-hybridized carbons (Fsp3) is 0.188. The number of primary amides is 1. The van der Waals surface area contributed by atoms with Crippen molar-refractivity contribution >= 4 is 11.7 Å². The molecule has 0 spiro atoms. The molecule has 0 saturated heterocycles. The molecule has 2 aromatic rings. The van der Waals surface area contributed by atoms with E-state index in [0.717, 1.165) is 28.8 Å². The van der Waals surface area contributed by atoms with Gasteiger partial charge >= 0.3 is 12.2 Å². The Hall–Kier alpha value is -2.50. The monoisotopic (exact) mass is 308 g/mol. The Kier molecular flexibility index (Phi) is 4.12. The molecule has 0 aliphatic rings. The van der Waals surface area contributed by atoms with Crippen LogP contribution in [0.2, 0.25) is 0 Å². The largest absolute Gasteiger partial charge is 0.416 e. The van der Waals surface area contributed by atoms with Gasteiger partial charge in [-0.05, 0) is 31.5 Å². The topological polar surface area (TPSA) is 55.1 Å². The number of carbonyl (C=O) groups excluding carboxylic acids is 1. The number of hydrogen-bond donors (Lipinski definition) is 2. The molecule has 2 amide bonds. The van der Waals surface area contributed by atoms with Gasteiger partial charge in [0.25, 0.3) is 0 Å². The van der Waals surface area contributed by atoms with E-state index in [1.807, 2.05) is 32.0 Å². The lowest BCUT2D eigenvalue weighted by atomic mass is 9.98. The number of nitrogens with one attached hydrogen (secondary N) is 1. The van der Waals surface area contributed by atoms with Crippen LogP contribution < -0.4 is 11.1 Å². The molecule has 0 aliphatic heterocycles. The molecule has 0 fully saturated rings. The van der Waals surface area contributed by atoms with Gasteiger partial charge in [0, 0.05) is 5.56 Å². The average molecular weight is 308 g/mol. The second-order valence-electron chi connectivity index (χ2n) is 5.12. The van der Waals surface area contributed by atoms with E-state index in [4.69, 9.17) is 5.73 Å². The van der Waals surface area contributed by atoms with Crippen LogP contribution in [-0.4, -0.2) is 6.03 Å². The zero-order valence-corrected chi connectivity index (χ0v) is 12.1. The molecule has 116 valence electrons. The standard InChI is InChI=1S/C16H15F3N2O/c1-9-5-10(2)7-11(6-9)13-4-3-12(16(17,18)19)8-14(13)21-15(20)22/h3-8H,1-2H3,(H3,20,21,22). The Morgan fingerprint density at radius 1 is 1.05 bits per heavy atom. The fourth-order valence-corrected chi connectivity index (χ4v) is 2.34. The highest BCUT2D eigenvalue weighted by Gasteiger charge is 2.31. The van der Waals surface area contributed by atoms with Crippen molar-refractivity contribution in [3.05, 3.63) is 53.1 Å². The summed E-state index contributed by atoms with van der Waals surface area (Å²) in [6, 6.07) is 7.92. The zero-order valence-electron chi connectivity index (χ0n) is 12.1. The van der Waals surface area contributed by atoms with Crippen molar-refractivity contribution < 1.29 is 18.0 Å². The van der Waals surface area contributed by atoms with E-state index in [2.05, 4.69) is 5.32 Å². The first kappa shape index (κ1) is 15.9. The summed E-state index contributed by atoms with van der Waals surface area (Å²) in [7, 11) is 0. The fourth-order valence-electron chi connectivity index (χ4n) is 2.34. The first-order valence-electron chi connectivity index (χ1n) is 6.53. The van der Waals surface area contributed by atoms with Crippen LogP contribution in [0.1, 0.15) is 16.7 Å². The average Bonchev–Trinajstić information content (AvgIpc) is 2.35. The van der Waals surface area contributed by atoms with Crippen LogP contribution in [0.5, 0.6) is 0 Å². The van der Waals surface area contributed by atoms with Gasteiger partial charge in [0.05, 0.1) is 11.3 Å². The first-order valence-corrected chi connectivity index (χ1v) is 6.53. The molecular formula is C16H15F3N2O. The summed E-state index contributed by atoms with van der Waals surface area (Å²) >= 11 is 0. The third kappa shape index (κ3) is 3.58. The second-order valence-corrected chi connectivity index (χ2v) is 5.12. The van der Waals surface area contributed by atoms with Crippen molar-refractivity contribution in [1.82, 2.24) is 0 Å². The predicted molar refractivity (Wildman–Crippen MR) is 79.6 cm³/mol. The third-order valence-corrected chi connectivity index (χ3v) is 3.14. The Morgan fingerprint density at radius 2 is 1.64 bits per heavy atom. The van der Waals surface area contributed by atoms with Crippen LogP contribution in [0.3, 0.4) is 0 Å². The van der Waals surface area contributed by atoms with Gasteiger partial charge in [-0.1, -0.05) is 35.4 Å². The van der Waals surface area contributed by atoms with Crippen molar-refractivity contribution in [1.29, 1.82) is 0 Å². The van der Waals surface area contributed by atoms with Crippen molar-refractivity contribution in [3.8, 4) is 11.1 Å². The molecule has 22 heavy (non-hydrogen) atoms. The van der Waals surface area contributed by atoms with Gasteiger partial charge in [0.15, 0.2) is 0 Å². The van der Waals surface area contributed by atoms with E-state index in [-0.39, 0.29) is 5.69 Å². The molecule has 0 unspecified atom stereocenters. The third-order valence-electron chi connectivity index (χ3n) is 3.14. The number of rotatable bonds is 2. The highest BCUT2D eigenvalue weighted by molar-refractivity contribution is 5.93. The molecule has 3 N–H and O–H groups in total. The maximum atomic E-state index is 12.8. The number of benzene rings is 2. The SMILES string of the molecule is Cc1cc(C)cc(-c2ccc(C(F)(F)F)cc2NC(N)=O)c1. The van der Waals surface area contributed by atoms with E-state index in [9.17, 15) is 18.0 Å². The molecule has 0 aliphatic carbocycles. The molecule has 2 rings (SSSR count). The number of urea groups is 1. The summed E-state index contributed by atoms with van der Waals surface area (Å²) in [6.45, 7) is 3.78. The van der Waals surface area contributed by atoms with Crippen molar-refractivity contribution in [2.45, 2.75) is 20.0 Å². The van der Waals surface area contributed by atoms with Gasteiger partial charge in [0.1, 0.15) is 0 Å². The van der Waals surface area contributed by atoms with Gasteiger partial charge in [-0.3, -0.25) is 0 Å². The number of hydrogen-bond acceptors (Lipinski definition) is 1. The lowest BCUT2D eigenvalue weighted by Crippen LogP contribution is -2.20. The Balaban J connectivity index is 2.61. The van der Waals surface area contributed by atoms with Crippen LogP contribution in [0.25, 0.3) is 11.1 Å². The van der Waals surface area contributed by atoms with E-state index in [1.165, 1.54) is 6.07 Å². The van der Waals surface area contributed by atoms with Crippen LogP contribution in [0, 0.1) is 13.8 Å². The van der Waals surface area contributed by atoms with Crippen LogP contribution in [0.4, 0.5) is 23.7 Å². The van der Waals surface area contributed by atoms with Crippen LogP contribution >= 0.6 is 0 Å². The molecule has 0 bridgehead atoms. The summed E-state index contributed by atoms with van der Waals surface area (Å²) in [5.74, 6) is 0. The van der Waals surface area contributed by atoms with Crippen LogP contribution in [0.15, 0.2) is 36.4 Å². The van der Waals surface area contributed by atoms with E-state index < -0.39 is 17.8 Å². The summed E-state index contributed by atoms with van der Waals surface area (Å²) in [5.41, 5.74) is 7.40. The molecule has 0 aromatic heterocycles. The van der Waals surface area contributed by atoms with Crippen molar-refractivity contribution in [3.63, 3.8) is 0 Å². The lowest BCUT2D eigenvalue weighted by Gasteiger charge is -2.15. The van der Waals surface area contributed by atoms with E-state index >= 15 is 0 Å². The number of aryl methyl sites for hydroxylation is 2. The minimum atomic E-state index is -4.49. The van der Waals surface area contributed by atoms with Crippen LogP contribution in [-0.2, 0) is 6.18 Å². The number of nitrogens with two attached hydrogens (primary N) is 1. The molecular weight excluding hydrogens is 293 g/mol. The second kappa shape index (κ2) is 5.71. The van der Waals surface area contributed by atoms with Gasteiger partial charge in [0.2, 0.25) is 0 Å². The summed E-state index contributed by atoms with van der Waals surface area (Å²) < 4.78 is 38.5. The highest BCUT2D eigenvalue weighted by atomic mass is 19.4. The van der Waals surface area contributed by atoms with Gasteiger partial charge in [-0.25, -0.2) is 4.79 Å². The maximum absolute atomic E-state index is 12.8. The highest BCUT2D eigenvalue weighted by Crippen LogP contribution is 2.36. The van der Waals surface area contributed by atoms with E-state index in [0.29, 0.717) is 5.56 Å². The van der Waals surface area contributed by atoms with E-state index in [1.54, 1.807) is 0 Å². The molecule has 2 aromatic carbocycles. The molecule has 3 nitrogen and oxygen atoms in total. The Morgan fingerprint density at radius 3 is 2.14 bits per heavy atom. The molecule has 0 heterocycles. The quantitative estimate of drug-likeness (QED) is 0.844.